The SMILES string of the molecule is CC(C)NC(=O)Nc1ccc(CNC(=S)NCCSc2ccccc2)cc1. The highest BCUT2D eigenvalue weighted by Crippen LogP contribution is 2.15. The van der Waals surface area contributed by atoms with Gasteiger partial charge in [-0.15, -0.1) is 11.8 Å². The standard InChI is InChI=1S/C20H26N4OS2/c1-15(2)23-19(25)24-17-10-8-16(9-11-17)14-22-20(26)21-12-13-27-18-6-4-3-5-7-18/h3-11,15H,12-14H2,1-2H3,(H2,21,22,26)(H2,23,24,25). The van der Waals surface area contributed by atoms with Crippen LogP contribution in [0.1, 0.15) is 19.4 Å². The molecule has 27 heavy (non-hydrogen) atoms. The Hall–Kier alpha value is -2.25. The summed E-state index contributed by atoms with van der Waals surface area (Å²) < 4.78 is 0. The minimum absolute atomic E-state index is 0.105. The van der Waals surface area contributed by atoms with Gasteiger partial charge in [0, 0.05) is 35.5 Å². The minimum atomic E-state index is -0.199. The third kappa shape index (κ3) is 8.79. The fraction of sp³-hybridized carbons (Fsp3) is 0.300. The molecule has 0 spiro atoms. The predicted molar refractivity (Wildman–Crippen MR) is 118 cm³/mol. The summed E-state index contributed by atoms with van der Waals surface area (Å²) in [5.74, 6) is 0.949. The molecule has 0 heterocycles. The number of hydrogen-bond donors (Lipinski definition) is 4. The lowest BCUT2D eigenvalue weighted by molar-refractivity contribution is 0.250. The van der Waals surface area contributed by atoms with Gasteiger partial charge in [0.05, 0.1) is 0 Å². The average Bonchev–Trinajstić information content (AvgIpc) is 2.65. The first-order valence-electron chi connectivity index (χ1n) is 8.89. The van der Waals surface area contributed by atoms with Crippen molar-refractivity contribution in [2.75, 3.05) is 17.6 Å². The van der Waals surface area contributed by atoms with Gasteiger partial charge in [0.25, 0.3) is 0 Å². The molecule has 2 amide bonds. The van der Waals surface area contributed by atoms with Gasteiger partial charge >= 0.3 is 6.03 Å². The zero-order chi connectivity index (χ0) is 19.5. The normalized spacial score (nSPS) is 10.3. The van der Waals surface area contributed by atoms with Crippen LogP contribution >= 0.6 is 24.0 Å². The van der Waals surface area contributed by atoms with Crippen molar-refractivity contribution < 1.29 is 4.79 Å². The molecule has 5 nitrogen and oxygen atoms in total. The lowest BCUT2D eigenvalue weighted by atomic mass is 10.2. The fourth-order valence-electron chi connectivity index (χ4n) is 2.23. The van der Waals surface area contributed by atoms with Crippen LogP contribution in [-0.4, -0.2) is 29.5 Å². The van der Waals surface area contributed by atoms with E-state index in [4.69, 9.17) is 12.2 Å². The minimum Gasteiger partial charge on any atom is -0.362 e. The smallest absolute Gasteiger partial charge is 0.319 e. The monoisotopic (exact) mass is 402 g/mol. The first-order chi connectivity index (χ1) is 13.0. The maximum atomic E-state index is 11.7. The van der Waals surface area contributed by atoms with Crippen molar-refractivity contribution in [3.63, 3.8) is 0 Å². The Morgan fingerprint density at radius 2 is 1.74 bits per heavy atom. The van der Waals surface area contributed by atoms with Gasteiger partial charge in [-0.05, 0) is 55.9 Å². The van der Waals surface area contributed by atoms with Crippen LogP contribution in [0.5, 0.6) is 0 Å². The molecule has 2 aromatic rings. The van der Waals surface area contributed by atoms with Gasteiger partial charge in [0.1, 0.15) is 0 Å². The zero-order valence-corrected chi connectivity index (χ0v) is 17.3. The van der Waals surface area contributed by atoms with Crippen molar-refractivity contribution in [2.24, 2.45) is 0 Å². The second kappa shape index (κ2) is 11.5. The number of benzene rings is 2. The van der Waals surface area contributed by atoms with Gasteiger partial charge < -0.3 is 21.3 Å². The average molecular weight is 403 g/mol. The summed E-state index contributed by atoms with van der Waals surface area (Å²) in [5, 5.41) is 12.6. The fourth-order valence-corrected chi connectivity index (χ4v) is 3.19. The molecule has 0 aliphatic rings. The number of urea groups is 1. The molecule has 0 aliphatic heterocycles. The second-order valence-corrected chi connectivity index (χ2v) is 7.80. The molecule has 4 N–H and O–H groups in total. The van der Waals surface area contributed by atoms with Gasteiger partial charge in [-0.2, -0.15) is 0 Å². The number of carbonyl (C=O) groups is 1. The highest BCUT2D eigenvalue weighted by Gasteiger charge is 2.03. The van der Waals surface area contributed by atoms with Crippen LogP contribution in [0.25, 0.3) is 0 Å². The molecular weight excluding hydrogens is 376 g/mol. The van der Waals surface area contributed by atoms with E-state index in [0.717, 1.165) is 23.5 Å². The lowest BCUT2D eigenvalue weighted by Crippen LogP contribution is -2.36. The van der Waals surface area contributed by atoms with E-state index in [-0.39, 0.29) is 12.1 Å². The van der Waals surface area contributed by atoms with Gasteiger partial charge in [-0.1, -0.05) is 30.3 Å². The molecule has 7 heteroatoms. The van der Waals surface area contributed by atoms with E-state index in [2.05, 4.69) is 33.4 Å². The third-order valence-electron chi connectivity index (χ3n) is 3.48. The summed E-state index contributed by atoms with van der Waals surface area (Å²) in [6, 6.07) is 17.9. The number of anilines is 1. The molecule has 0 saturated heterocycles. The quantitative estimate of drug-likeness (QED) is 0.306. The van der Waals surface area contributed by atoms with E-state index in [1.807, 2.05) is 56.3 Å². The molecule has 2 aromatic carbocycles. The largest absolute Gasteiger partial charge is 0.362 e. The highest BCUT2D eigenvalue weighted by atomic mass is 32.2. The van der Waals surface area contributed by atoms with E-state index in [1.54, 1.807) is 11.8 Å². The summed E-state index contributed by atoms with van der Waals surface area (Å²) in [7, 11) is 0. The molecule has 0 aliphatic carbocycles. The van der Waals surface area contributed by atoms with Gasteiger partial charge in [0.2, 0.25) is 0 Å². The van der Waals surface area contributed by atoms with Crippen molar-refractivity contribution in [2.45, 2.75) is 31.3 Å². The van der Waals surface area contributed by atoms with Gasteiger partial charge in [-0.25, -0.2) is 4.79 Å². The Morgan fingerprint density at radius 3 is 2.41 bits per heavy atom. The van der Waals surface area contributed by atoms with Gasteiger partial charge in [-0.3, -0.25) is 0 Å². The van der Waals surface area contributed by atoms with Crippen LogP contribution in [0.2, 0.25) is 0 Å². The van der Waals surface area contributed by atoms with E-state index in [0.29, 0.717) is 11.7 Å². The summed E-state index contributed by atoms with van der Waals surface area (Å²) in [6.45, 7) is 5.28. The number of rotatable bonds is 8. The molecule has 0 fully saturated rings. The number of carbonyl (C=O) groups excluding carboxylic acids is 1. The summed E-state index contributed by atoms with van der Waals surface area (Å²) >= 11 is 7.11. The highest BCUT2D eigenvalue weighted by molar-refractivity contribution is 7.99. The maximum Gasteiger partial charge on any atom is 0.319 e. The van der Waals surface area contributed by atoms with E-state index in [9.17, 15) is 4.79 Å². The first-order valence-corrected chi connectivity index (χ1v) is 10.3. The number of thiocarbonyl (C=S) groups is 1. The van der Waals surface area contributed by atoms with Crippen LogP contribution in [-0.2, 0) is 6.54 Å². The van der Waals surface area contributed by atoms with Gasteiger partial charge in [0.15, 0.2) is 5.11 Å². The molecule has 0 unspecified atom stereocenters. The van der Waals surface area contributed by atoms with Crippen LogP contribution < -0.4 is 21.3 Å². The first kappa shape index (κ1) is 21.1. The molecule has 2 rings (SSSR count). The number of thioether (sulfide) groups is 1. The van der Waals surface area contributed by atoms with Crippen molar-refractivity contribution in [1.82, 2.24) is 16.0 Å². The summed E-state index contributed by atoms with van der Waals surface area (Å²) in [4.78, 5) is 12.9. The van der Waals surface area contributed by atoms with Crippen LogP contribution in [0.15, 0.2) is 59.5 Å². The molecule has 0 radical (unpaired) electrons. The Morgan fingerprint density at radius 1 is 1.04 bits per heavy atom. The van der Waals surface area contributed by atoms with Crippen LogP contribution in [0.3, 0.4) is 0 Å². The Labute approximate surface area is 170 Å². The Kier molecular flexibility index (Phi) is 8.94. The van der Waals surface area contributed by atoms with Crippen molar-refractivity contribution in [3.8, 4) is 0 Å². The predicted octanol–water partition coefficient (Wildman–Crippen LogP) is 3.97. The summed E-state index contributed by atoms with van der Waals surface area (Å²) in [5.41, 5.74) is 1.85. The van der Waals surface area contributed by atoms with Crippen LogP contribution in [0, 0.1) is 0 Å². The molecule has 0 bridgehead atoms. The summed E-state index contributed by atoms with van der Waals surface area (Å²) in [6.07, 6.45) is 0. The second-order valence-electron chi connectivity index (χ2n) is 6.22. The molecular formula is C20H26N4OS2. The lowest BCUT2D eigenvalue weighted by Gasteiger charge is -2.12. The third-order valence-corrected chi connectivity index (χ3v) is 4.79. The van der Waals surface area contributed by atoms with E-state index in [1.165, 1.54) is 4.90 Å². The van der Waals surface area contributed by atoms with Crippen LogP contribution in [0.4, 0.5) is 10.5 Å². The van der Waals surface area contributed by atoms with E-state index < -0.39 is 0 Å². The maximum absolute atomic E-state index is 11.7. The van der Waals surface area contributed by atoms with Crippen molar-refractivity contribution in [3.05, 3.63) is 60.2 Å². The Bertz CT molecular complexity index is 721. The number of nitrogens with one attached hydrogen (secondary N) is 4. The van der Waals surface area contributed by atoms with E-state index >= 15 is 0 Å². The molecule has 144 valence electrons. The topological polar surface area (TPSA) is 65.2 Å². The molecule has 0 saturated carbocycles. The molecule has 0 atom stereocenters. The number of hydrogen-bond acceptors (Lipinski definition) is 3. The van der Waals surface area contributed by atoms with Crippen molar-refractivity contribution in [1.29, 1.82) is 0 Å². The van der Waals surface area contributed by atoms with Crippen molar-refractivity contribution >= 4 is 40.8 Å². The molecule has 0 aromatic heterocycles. The zero-order valence-electron chi connectivity index (χ0n) is 15.6. The number of amides is 2. The Balaban J connectivity index is 1.63.